The normalized spacial score (nSPS) is 54.5. The summed E-state index contributed by atoms with van der Waals surface area (Å²) >= 11 is 0. The Kier molecular flexibility index (Phi) is 6.58. The van der Waals surface area contributed by atoms with Gasteiger partial charge in [0.25, 0.3) is 0 Å². The minimum absolute atomic E-state index is 0.0117. The van der Waals surface area contributed by atoms with E-state index in [0.29, 0.717) is 45.1 Å². The first kappa shape index (κ1) is 27.1. The van der Waals surface area contributed by atoms with Crippen LogP contribution in [-0.2, 0) is 19.0 Å². The van der Waals surface area contributed by atoms with Crippen LogP contribution in [0.2, 0.25) is 0 Å². The average Bonchev–Trinajstić information content (AvgIpc) is 3.41. The van der Waals surface area contributed by atoms with Crippen molar-refractivity contribution in [1.29, 1.82) is 0 Å². The maximum Gasteiger partial charge on any atom is 0.331 e. The molecule has 2 heterocycles. The third-order valence-electron chi connectivity index (χ3n) is 12.1. The van der Waals surface area contributed by atoms with Crippen LogP contribution in [0.1, 0.15) is 78.1 Å². The predicted molar refractivity (Wildman–Crippen MR) is 134 cm³/mol. The van der Waals surface area contributed by atoms with Crippen molar-refractivity contribution in [1.82, 2.24) is 0 Å². The molecule has 4 saturated carbocycles. The van der Waals surface area contributed by atoms with Gasteiger partial charge in [-0.2, -0.15) is 0 Å². The second-order valence-electron chi connectivity index (χ2n) is 13.5. The fourth-order valence-corrected chi connectivity index (χ4v) is 9.94. The zero-order valence-corrected chi connectivity index (χ0v) is 22.6. The van der Waals surface area contributed by atoms with E-state index in [9.17, 15) is 30.3 Å². The Balaban J connectivity index is 1.21. The summed E-state index contributed by atoms with van der Waals surface area (Å²) in [6.07, 6.45) is 4.24. The number of esters is 1. The van der Waals surface area contributed by atoms with Crippen molar-refractivity contribution in [2.24, 2.45) is 28.6 Å². The molecule has 0 aromatic carbocycles. The van der Waals surface area contributed by atoms with Crippen molar-refractivity contribution in [2.75, 3.05) is 13.2 Å². The molecule has 9 nitrogen and oxygen atoms in total. The lowest BCUT2D eigenvalue weighted by molar-refractivity contribution is -0.297. The maximum atomic E-state index is 12.4. The topological polar surface area (TPSA) is 146 Å². The van der Waals surface area contributed by atoms with E-state index in [1.807, 2.05) is 0 Å². The van der Waals surface area contributed by atoms with Crippen molar-refractivity contribution in [3.63, 3.8) is 0 Å². The average molecular weight is 537 g/mol. The molecule has 1 saturated heterocycles. The number of fused-ring (bicyclic) bond motifs is 5. The molecule has 9 heteroatoms. The molecule has 0 aromatic rings. The van der Waals surface area contributed by atoms with Gasteiger partial charge in [-0.25, -0.2) is 4.79 Å². The lowest BCUT2D eigenvalue weighted by atomic mass is 9.41. The number of ether oxygens (including phenoxy) is 3. The molecule has 0 spiro atoms. The molecular weight excluding hydrogens is 492 g/mol. The van der Waals surface area contributed by atoms with E-state index < -0.39 is 41.2 Å². The summed E-state index contributed by atoms with van der Waals surface area (Å²) in [6.45, 7) is 4.05. The molecule has 38 heavy (non-hydrogen) atoms. The van der Waals surface area contributed by atoms with E-state index in [1.54, 1.807) is 13.0 Å². The highest BCUT2D eigenvalue weighted by Crippen LogP contribution is 2.70. The highest BCUT2D eigenvalue weighted by molar-refractivity contribution is 5.85. The van der Waals surface area contributed by atoms with Gasteiger partial charge < -0.3 is 39.7 Å². The number of rotatable bonds is 4. The van der Waals surface area contributed by atoms with Crippen LogP contribution in [0.5, 0.6) is 0 Å². The lowest BCUT2D eigenvalue weighted by Gasteiger charge is -2.66. The van der Waals surface area contributed by atoms with Crippen LogP contribution in [0.4, 0.5) is 0 Å². The third-order valence-corrected chi connectivity index (χ3v) is 12.1. The van der Waals surface area contributed by atoms with E-state index in [0.717, 1.165) is 24.8 Å². The molecule has 0 unspecified atom stereocenters. The van der Waals surface area contributed by atoms with Crippen molar-refractivity contribution in [3.8, 4) is 0 Å². The molecule has 2 aliphatic heterocycles. The van der Waals surface area contributed by atoms with Crippen molar-refractivity contribution in [2.45, 2.75) is 120 Å². The first-order valence-corrected chi connectivity index (χ1v) is 14.6. The van der Waals surface area contributed by atoms with Gasteiger partial charge in [-0.05, 0) is 81.6 Å². The molecule has 5 fully saturated rings. The van der Waals surface area contributed by atoms with Gasteiger partial charge in [0.05, 0.1) is 36.1 Å². The maximum absolute atomic E-state index is 12.4. The second kappa shape index (κ2) is 9.23. The lowest BCUT2D eigenvalue weighted by Crippen LogP contribution is -2.69. The minimum atomic E-state index is -1.12. The monoisotopic (exact) mass is 536 g/mol. The number of aliphatic hydroxyl groups excluding tert-OH is 3. The molecule has 5 N–H and O–H groups in total. The van der Waals surface area contributed by atoms with Crippen LogP contribution < -0.4 is 0 Å². The Morgan fingerprint density at radius 3 is 2.50 bits per heavy atom. The van der Waals surface area contributed by atoms with Gasteiger partial charge in [-0.15, -0.1) is 0 Å². The van der Waals surface area contributed by atoms with Crippen LogP contribution in [0.15, 0.2) is 11.6 Å². The Morgan fingerprint density at radius 2 is 1.82 bits per heavy atom. The van der Waals surface area contributed by atoms with E-state index in [1.165, 1.54) is 0 Å². The summed E-state index contributed by atoms with van der Waals surface area (Å²) in [4.78, 5) is 11.8. The van der Waals surface area contributed by atoms with Crippen LogP contribution in [-0.4, -0.2) is 86.6 Å². The molecule has 12 atom stereocenters. The number of carbonyl (C=O) groups excluding carboxylic acids is 1. The van der Waals surface area contributed by atoms with Gasteiger partial charge >= 0.3 is 5.97 Å². The molecule has 4 aliphatic carbocycles. The Morgan fingerprint density at radius 1 is 1.05 bits per heavy atom. The number of hydrogen-bond acceptors (Lipinski definition) is 9. The van der Waals surface area contributed by atoms with E-state index >= 15 is 0 Å². The molecule has 214 valence electrons. The SMILES string of the molecule is C[C@H]1O[C@@H](O[C@H]2CC[C@]3(CO)[C@H]4CC[C@]5(C)[C@H](C6=CC(=O)OC6)CC[C@]5(O)[C@H]4CC[C@]3(O)C2)C[C@H](O)[C@@H]1O. The quantitative estimate of drug-likeness (QED) is 0.267. The van der Waals surface area contributed by atoms with Crippen LogP contribution in [0.25, 0.3) is 0 Å². The third kappa shape index (κ3) is 3.72. The predicted octanol–water partition coefficient (Wildman–Crippen LogP) is 1.57. The number of carbonyl (C=O) groups is 1. The number of hydrogen-bond donors (Lipinski definition) is 5. The fraction of sp³-hybridized carbons (Fsp3) is 0.897. The van der Waals surface area contributed by atoms with Crippen molar-refractivity contribution < 1.29 is 44.5 Å². The van der Waals surface area contributed by atoms with Crippen LogP contribution in [0, 0.1) is 28.6 Å². The van der Waals surface area contributed by atoms with E-state index in [-0.39, 0.29) is 48.3 Å². The highest BCUT2D eigenvalue weighted by Gasteiger charge is 2.71. The van der Waals surface area contributed by atoms with E-state index in [4.69, 9.17) is 14.2 Å². The fourth-order valence-electron chi connectivity index (χ4n) is 9.94. The standard InChI is InChI=1S/C29H44O9/c1-16-25(33)22(31)12-24(37-16)38-18-3-8-27(15-30)20-4-7-26(2)19(17-11-23(32)36-14-17)6-10-29(26,35)21(20)5-9-28(27,34)13-18/h11,16,18-22,24-25,30-31,33-35H,3-10,12-15H2,1-2H3/t16-,18+,19+,20+,21+,22+,24+,25-,26-,27+,28+,29+/m1/s1. The van der Waals surface area contributed by atoms with Gasteiger partial charge in [0.2, 0.25) is 0 Å². The van der Waals surface area contributed by atoms with Crippen molar-refractivity contribution >= 4 is 5.97 Å². The van der Waals surface area contributed by atoms with Crippen LogP contribution in [0.3, 0.4) is 0 Å². The molecule has 0 aromatic heterocycles. The highest BCUT2D eigenvalue weighted by atomic mass is 16.7. The minimum Gasteiger partial charge on any atom is -0.458 e. The summed E-state index contributed by atoms with van der Waals surface area (Å²) in [6, 6.07) is 0. The summed E-state index contributed by atoms with van der Waals surface area (Å²) in [7, 11) is 0. The Labute approximate surface area is 224 Å². The summed E-state index contributed by atoms with van der Waals surface area (Å²) in [5.41, 5.74) is -2.15. The summed E-state index contributed by atoms with van der Waals surface area (Å²) < 4.78 is 17.2. The zero-order valence-electron chi connectivity index (χ0n) is 22.6. The number of cyclic esters (lactones) is 1. The van der Waals surface area contributed by atoms with Crippen molar-refractivity contribution in [3.05, 3.63) is 11.6 Å². The van der Waals surface area contributed by atoms with Gasteiger partial charge in [0.15, 0.2) is 6.29 Å². The Hall–Kier alpha value is -1.07. The summed E-state index contributed by atoms with van der Waals surface area (Å²) in [5, 5.41) is 55.6. The first-order chi connectivity index (χ1) is 18.0. The second-order valence-corrected chi connectivity index (χ2v) is 13.5. The van der Waals surface area contributed by atoms with Gasteiger partial charge in [-0.3, -0.25) is 0 Å². The molecule has 0 radical (unpaired) electrons. The first-order valence-electron chi connectivity index (χ1n) is 14.6. The van der Waals surface area contributed by atoms with Gasteiger partial charge in [0.1, 0.15) is 12.7 Å². The number of aliphatic hydroxyl groups is 5. The zero-order chi connectivity index (χ0) is 27.1. The van der Waals surface area contributed by atoms with Gasteiger partial charge in [0, 0.05) is 29.7 Å². The Bertz CT molecular complexity index is 973. The molecule has 0 bridgehead atoms. The largest absolute Gasteiger partial charge is 0.458 e. The molecule has 0 amide bonds. The van der Waals surface area contributed by atoms with E-state index in [2.05, 4.69) is 6.92 Å². The van der Waals surface area contributed by atoms with Gasteiger partial charge in [-0.1, -0.05) is 6.92 Å². The molecule has 6 aliphatic rings. The molecular formula is C29H44O9. The summed E-state index contributed by atoms with van der Waals surface area (Å²) in [5.74, 6) is -0.245. The molecule has 6 rings (SSSR count). The smallest absolute Gasteiger partial charge is 0.331 e. The van der Waals surface area contributed by atoms with Crippen LogP contribution >= 0.6 is 0 Å².